The van der Waals surface area contributed by atoms with Gasteiger partial charge in [-0.2, -0.15) is 0 Å². The van der Waals surface area contributed by atoms with Crippen LogP contribution < -0.4 is 5.56 Å². The molecule has 1 N–H and O–H groups in total. The van der Waals surface area contributed by atoms with Gasteiger partial charge in [0, 0.05) is 17.1 Å². The Morgan fingerprint density at radius 1 is 1.30 bits per heavy atom. The number of thiophene rings is 1. The number of aromatic nitrogens is 1. The SMILES string of the molecule is CCn1c(C)cc(O)c(C(c2cccs2)N2CCCCC2)c1=O. The van der Waals surface area contributed by atoms with Crippen molar-refractivity contribution in [3.8, 4) is 5.75 Å². The van der Waals surface area contributed by atoms with E-state index in [0.29, 0.717) is 12.1 Å². The van der Waals surface area contributed by atoms with E-state index in [-0.39, 0.29) is 17.4 Å². The second kappa shape index (κ2) is 6.89. The summed E-state index contributed by atoms with van der Waals surface area (Å²) in [4.78, 5) is 16.5. The molecule has 2 aromatic heterocycles. The molecule has 2 aromatic rings. The number of hydrogen-bond acceptors (Lipinski definition) is 4. The molecule has 23 heavy (non-hydrogen) atoms. The van der Waals surface area contributed by atoms with E-state index in [0.717, 1.165) is 36.5 Å². The van der Waals surface area contributed by atoms with Gasteiger partial charge in [0.1, 0.15) is 5.75 Å². The van der Waals surface area contributed by atoms with Crippen LogP contribution in [-0.4, -0.2) is 27.7 Å². The van der Waals surface area contributed by atoms with Gasteiger partial charge in [0.05, 0.1) is 11.6 Å². The van der Waals surface area contributed by atoms with Crippen LogP contribution in [0.3, 0.4) is 0 Å². The van der Waals surface area contributed by atoms with E-state index < -0.39 is 0 Å². The summed E-state index contributed by atoms with van der Waals surface area (Å²) in [5.74, 6) is 0.126. The van der Waals surface area contributed by atoms with Gasteiger partial charge >= 0.3 is 0 Å². The lowest BCUT2D eigenvalue weighted by molar-refractivity contribution is 0.185. The first-order valence-electron chi connectivity index (χ1n) is 8.34. The number of pyridine rings is 1. The Labute approximate surface area is 141 Å². The molecule has 1 aliphatic heterocycles. The molecular formula is C18H24N2O2S. The number of likely N-dealkylation sites (tertiary alicyclic amines) is 1. The van der Waals surface area contributed by atoms with Crippen molar-refractivity contribution in [3.05, 3.63) is 50.1 Å². The lowest BCUT2D eigenvalue weighted by Crippen LogP contribution is -2.38. The van der Waals surface area contributed by atoms with Crippen LogP contribution in [0.25, 0.3) is 0 Å². The molecule has 0 bridgehead atoms. The van der Waals surface area contributed by atoms with Gasteiger partial charge in [-0.05, 0) is 57.3 Å². The Bertz CT molecular complexity index is 715. The molecule has 0 spiro atoms. The summed E-state index contributed by atoms with van der Waals surface area (Å²) >= 11 is 1.65. The molecular weight excluding hydrogens is 308 g/mol. The van der Waals surface area contributed by atoms with E-state index in [4.69, 9.17) is 0 Å². The van der Waals surface area contributed by atoms with Crippen LogP contribution in [0.5, 0.6) is 5.75 Å². The average Bonchev–Trinajstić information content (AvgIpc) is 3.06. The average molecular weight is 332 g/mol. The van der Waals surface area contributed by atoms with Gasteiger partial charge in [-0.1, -0.05) is 12.5 Å². The van der Waals surface area contributed by atoms with Gasteiger partial charge in [-0.3, -0.25) is 9.69 Å². The number of aryl methyl sites for hydroxylation is 1. The van der Waals surface area contributed by atoms with Crippen molar-refractivity contribution in [1.82, 2.24) is 9.47 Å². The number of nitrogens with zero attached hydrogens (tertiary/aromatic N) is 2. The summed E-state index contributed by atoms with van der Waals surface area (Å²) in [6.45, 7) is 6.41. The molecule has 1 fully saturated rings. The molecule has 3 rings (SSSR count). The first-order chi connectivity index (χ1) is 11.1. The zero-order chi connectivity index (χ0) is 16.4. The predicted octanol–water partition coefficient (Wildman–Crippen LogP) is 3.52. The summed E-state index contributed by atoms with van der Waals surface area (Å²) in [6, 6.07) is 5.67. The van der Waals surface area contributed by atoms with Gasteiger partial charge in [0.15, 0.2) is 0 Å². The zero-order valence-corrected chi connectivity index (χ0v) is 14.6. The first-order valence-corrected chi connectivity index (χ1v) is 9.22. The largest absolute Gasteiger partial charge is 0.507 e. The van der Waals surface area contributed by atoms with Gasteiger partial charge in [-0.15, -0.1) is 11.3 Å². The van der Waals surface area contributed by atoms with Crippen molar-refractivity contribution in [2.45, 2.75) is 45.7 Å². The van der Waals surface area contributed by atoms with Crippen LogP contribution in [0, 0.1) is 6.92 Å². The maximum absolute atomic E-state index is 13.0. The van der Waals surface area contributed by atoms with E-state index in [2.05, 4.69) is 11.0 Å². The molecule has 1 aliphatic rings. The summed E-state index contributed by atoms with van der Waals surface area (Å²) < 4.78 is 1.75. The lowest BCUT2D eigenvalue weighted by atomic mass is 10.00. The van der Waals surface area contributed by atoms with Crippen LogP contribution in [0.4, 0.5) is 0 Å². The van der Waals surface area contributed by atoms with Crippen molar-refractivity contribution in [1.29, 1.82) is 0 Å². The smallest absolute Gasteiger partial charge is 0.259 e. The second-order valence-corrected chi connectivity index (χ2v) is 7.13. The highest BCUT2D eigenvalue weighted by atomic mass is 32.1. The minimum absolute atomic E-state index is 0.0611. The summed E-state index contributed by atoms with van der Waals surface area (Å²) in [6.07, 6.45) is 3.54. The Morgan fingerprint density at radius 3 is 2.65 bits per heavy atom. The maximum Gasteiger partial charge on any atom is 0.259 e. The Hall–Kier alpha value is -1.59. The number of rotatable bonds is 4. The molecule has 3 heterocycles. The van der Waals surface area contributed by atoms with Gasteiger partial charge in [-0.25, -0.2) is 0 Å². The second-order valence-electron chi connectivity index (χ2n) is 6.15. The predicted molar refractivity (Wildman–Crippen MR) is 94.4 cm³/mol. The van der Waals surface area contributed by atoms with E-state index in [9.17, 15) is 9.90 Å². The normalized spacial score (nSPS) is 17.3. The van der Waals surface area contributed by atoms with Crippen LogP contribution in [-0.2, 0) is 6.54 Å². The van der Waals surface area contributed by atoms with Crippen molar-refractivity contribution in [2.24, 2.45) is 0 Å². The minimum atomic E-state index is -0.138. The van der Waals surface area contributed by atoms with Gasteiger partial charge in [0.25, 0.3) is 5.56 Å². The zero-order valence-electron chi connectivity index (χ0n) is 13.8. The number of piperidine rings is 1. The molecule has 1 unspecified atom stereocenters. The Balaban J connectivity index is 2.15. The summed E-state index contributed by atoms with van der Waals surface area (Å²) in [7, 11) is 0. The molecule has 5 heteroatoms. The molecule has 1 atom stereocenters. The fourth-order valence-electron chi connectivity index (χ4n) is 3.55. The maximum atomic E-state index is 13.0. The van der Waals surface area contributed by atoms with Crippen LogP contribution in [0.1, 0.15) is 48.4 Å². The molecule has 0 radical (unpaired) electrons. The van der Waals surface area contributed by atoms with Crippen LogP contribution in [0.15, 0.2) is 28.4 Å². The third-order valence-corrected chi connectivity index (χ3v) is 5.61. The Morgan fingerprint density at radius 2 is 2.04 bits per heavy atom. The third kappa shape index (κ3) is 3.08. The van der Waals surface area contributed by atoms with Crippen molar-refractivity contribution in [2.75, 3.05) is 13.1 Å². The molecule has 1 saturated heterocycles. The molecule has 0 amide bonds. The van der Waals surface area contributed by atoms with Gasteiger partial charge in [0.2, 0.25) is 0 Å². The third-order valence-electron chi connectivity index (χ3n) is 4.68. The highest BCUT2D eigenvalue weighted by Gasteiger charge is 2.30. The molecule has 0 aromatic carbocycles. The summed E-state index contributed by atoms with van der Waals surface area (Å²) in [5.41, 5.74) is 1.28. The van der Waals surface area contributed by atoms with Crippen molar-refractivity contribution < 1.29 is 5.11 Å². The highest BCUT2D eigenvalue weighted by Crippen LogP contribution is 2.36. The minimum Gasteiger partial charge on any atom is -0.507 e. The quantitative estimate of drug-likeness (QED) is 0.932. The van der Waals surface area contributed by atoms with Crippen LogP contribution in [0.2, 0.25) is 0 Å². The van der Waals surface area contributed by atoms with E-state index >= 15 is 0 Å². The monoisotopic (exact) mass is 332 g/mol. The van der Waals surface area contributed by atoms with E-state index in [1.807, 2.05) is 25.3 Å². The number of aromatic hydroxyl groups is 1. The lowest BCUT2D eigenvalue weighted by Gasteiger charge is -2.34. The van der Waals surface area contributed by atoms with Crippen molar-refractivity contribution >= 4 is 11.3 Å². The van der Waals surface area contributed by atoms with Gasteiger partial charge < -0.3 is 9.67 Å². The first kappa shape index (κ1) is 16.3. The molecule has 0 saturated carbocycles. The molecule has 124 valence electrons. The van der Waals surface area contributed by atoms with E-state index in [1.165, 1.54) is 6.42 Å². The van der Waals surface area contributed by atoms with E-state index in [1.54, 1.807) is 22.0 Å². The fraction of sp³-hybridized carbons (Fsp3) is 0.500. The molecule has 0 aliphatic carbocycles. The Kier molecular flexibility index (Phi) is 4.87. The topological polar surface area (TPSA) is 45.5 Å². The van der Waals surface area contributed by atoms with Crippen LogP contribution >= 0.6 is 11.3 Å². The molecule has 4 nitrogen and oxygen atoms in total. The fourth-order valence-corrected chi connectivity index (χ4v) is 4.41. The number of hydrogen-bond donors (Lipinski definition) is 1. The standard InChI is InChI=1S/C18H24N2O2S/c1-3-20-13(2)12-14(21)16(18(20)22)17(15-8-7-11-23-15)19-9-5-4-6-10-19/h7-8,11-12,17,21H,3-6,9-10H2,1-2H3. The van der Waals surface area contributed by atoms with Crippen molar-refractivity contribution in [3.63, 3.8) is 0 Å². The highest BCUT2D eigenvalue weighted by molar-refractivity contribution is 7.10. The summed E-state index contributed by atoms with van der Waals surface area (Å²) in [5, 5.41) is 12.6.